The van der Waals surface area contributed by atoms with Crippen molar-refractivity contribution in [1.29, 1.82) is 0 Å². The van der Waals surface area contributed by atoms with Crippen LogP contribution >= 0.6 is 10.2 Å². The maximum Gasteiger partial charge on any atom is 0.312 e. The minimum Gasteiger partial charge on any atom is -0.459 e. The first-order chi connectivity index (χ1) is 9.90. The van der Waals surface area contributed by atoms with Gasteiger partial charge >= 0.3 is 10.2 Å². The van der Waals surface area contributed by atoms with Gasteiger partial charge in [0.05, 0.1) is 12.0 Å². The van der Waals surface area contributed by atoms with Gasteiger partial charge in [-0.05, 0) is 30.3 Å². The SMILES string of the molecule is O=Cc1ccc(NC(=O)c2ccco2)c(S(F)(F)(F)(F)F)c1. The molecule has 0 bridgehead atoms. The Kier molecular flexibility index (Phi) is 3.15. The molecule has 1 heterocycles. The van der Waals surface area contributed by atoms with Crippen LogP contribution in [0.4, 0.5) is 25.1 Å². The Hall–Kier alpha value is -2.36. The molecular weight excluding hydrogens is 333 g/mol. The van der Waals surface area contributed by atoms with E-state index in [0.717, 1.165) is 18.4 Å². The monoisotopic (exact) mass is 341 g/mol. The summed E-state index contributed by atoms with van der Waals surface area (Å²) in [6, 6.07) is 3.90. The molecule has 0 spiro atoms. The van der Waals surface area contributed by atoms with Gasteiger partial charge in [-0.25, -0.2) is 0 Å². The Morgan fingerprint density at radius 3 is 2.32 bits per heavy atom. The van der Waals surface area contributed by atoms with Crippen molar-refractivity contribution in [2.24, 2.45) is 0 Å². The molecule has 0 saturated carbocycles. The molecule has 1 aromatic carbocycles. The van der Waals surface area contributed by atoms with Crippen molar-refractivity contribution in [3.63, 3.8) is 0 Å². The number of benzene rings is 1. The number of anilines is 1. The van der Waals surface area contributed by atoms with Crippen LogP contribution in [-0.2, 0) is 0 Å². The molecular formula is C12H8F5NO3S. The molecule has 2 aromatic rings. The quantitative estimate of drug-likeness (QED) is 0.629. The van der Waals surface area contributed by atoms with Crippen molar-refractivity contribution in [3.05, 3.63) is 47.9 Å². The van der Waals surface area contributed by atoms with Crippen LogP contribution < -0.4 is 5.32 Å². The first kappa shape index (κ1) is 16.0. The molecule has 4 nitrogen and oxygen atoms in total. The lowest BCUT2D eigenvalue weighted by molar-refractivity contribution is 0.0996. The third kappa shape index (κ3) is 3.45. The van der Waals surface area contributed by atoms with Crippen molar-refractivity contribution in [2.45, 2.75) is 4.90 Å². The lowest BCUT2D eigenvalue weighted by Gasteiger charge is -2.41. The predicted molar refractivity (Wildman–Crippen MR) is 69.9 cm³/mol. The van der Waals surface area contributed by atoms with Crippen LogP contribution in [0.3, 0.4) is 0 Å². The van der Waals surface area contributed by atoms with Crippen molar-refractivity contribution in [2.75, 3.05) is 5.32 Å². The van der Waals surface area contributed by atoms with Crippen molar-refractivity contribution in [3.8, 4) is 0 Å². The minimum atomic E-state index is -10.1. The lowest BCUT2D eigenvalue weighted by atomic mass is 10.2. The molecule has 120 valence electrons. The van der Waals surface area contributed by atoms with E-state index in [4.69, 9.17) is 0 Å². The highest BCUT2D eigenvalue weighted by molar-refractivity contribution is 8.45. The van der Waals surface area contributed by atoms with E-state index < -0.39 is 32.3 Å². The van der Waals surface area contributed by atoms with Crippen LogP contribution in [0.25, 0.3) is 0 Å². The van der Waals surface area contributed by atoms with Crippen LogP contribution in [0.5, 0.6) is 0 Å². The number of hydrogen-bond donors (Lipinski definition) is 1. The lowest BCUT2D eigenvalue weighted by Crippen LogP contribution is -2.16. The summed E-state index contributed by atoms with van der Waals surface area (Å²) in [4.78, 5) is 19.8. The average Bonchev–Trinajstić information content (AvgIpc) is 2.90. The molecule has 1 N–H and O–H groups in total. The Balaban J connectivity index is 2.53. The van der Waals surface area contributed by atoms with Gasteiger partial charge in [-0.15, -0.1) is 0 Å². The number of amides is 1. The summed E-state index contributed by atoms with van der Waals surface area (Å²) in [5.41, 5.74) is -1.76. The Bertz CT molecular complexity index is 740. The van der Waals surface area contributed by atoms with Crippen LogP contribution in [-0.4, -0.2) is 12.2 Å². The van der Waals surface area contributed by atoms with Crippen LogP contribution in [0.15, 0.2) is 45.9 Å². The molecule has 0 fully saturated rings. The largest absolute Gasteiger partial charge is 0.459 e. The summed E-state index contributed by atoms with van der Waals surface area (Å²) >= 11 is 0. The second kappa shape index (κ2) is 4.32. The van der Waals surface area contributed by atoms with Crippen LogP contribution in [0.1, 0.15) is 20.9 Å². The van der Waals surface area contributed by atoms with Crippen molar-refractivity contribution in [1.82, 2.24) is 0 Å². The number of hydrogen-bond acceptors (Lipinski definition) is 3. The van der Waals surface area contributed by atoms with Gasteiger partial charge in [0.2, 0.25) is 0 Å². The van der Waals surface area contributed by atoms with E-state index in [1.54, 1.807) is 5.32 Å². The molecule has 22 heavy (non-hydrogen) atoms. The zero-order chi connectivity index (χ0) is 16.7. The van der Waals surface area contributed by atoms with Crippen molar-refractivity contribution >= 4 is 28.1 Å². The Morgan fingerprint density at radius 1 is 1.14 bits per heavy atom. The number of aldehydes is 1. The molecule has 0 radical (unpaired) electrons. The normalized spacial score (nSPS) is 14.8. The van der Waals surface area contributed by atoms with Gasteiger partial charge in [-0.3, -0.25) is 9.59 Å². The maximum atomic E-state index is 13.0. The van der Waals surface area contributed by atoms with Gasteiger partial charge in [0.15, 0.2) is 5.76 Å². The Morgan fingerprint density at radius 2 is 1.82 bits per heavy atom. The predicted octanol–water partition coefficient (Wildman–Crippen LogP) is 5.00. The van der Waals surface area contributed by atoms with Gasteiger partial charge in [-0.1, -0.05) is 19.4 Å². The minimum absolute atomic E-state index is 0.00763. The molecule has 0 aliphatic carbocycles. The maximum absolute atomic E-state index is 13.0. The highest BCUT2D eigenvalue weighted by Crippen LogP contribution is 3.02. The van der Waals surface area contributed by atoms with Crippen LogP contribution in [0, 0.1) is 0 Å². The topological polar surface area (TPSA) is 59.3 Å². The Labute approximate surface area is 120 Å². The fraction of sp³-hybridized carbons (Fsp3) is 0. The summed E-state index contributed by atoms with van der Waals surface area (Å²) < 4.78 is 69.8. The molecule has 1 aromatic heterocycles. The molecule has 1 amide bonds. The molecule has 0 aliphatic heterocycles. The zero-order valence-electron chi connectivity index (χ0n) is 10.6. The fourth-order valence-electron chi connectivity index (χ4n) is 1.63. The molecule has 0 aliphatic rings. The average molecular weight is 341 g/mol. The number of furan rings is 1. The highest BCUT2D eigenvalue weighted by Gasteiger charge is 2.66. The van der Waals surface area contributed by atoms with E-state index in [9.17, 15) is 29.0 Å². The third-order valence-corrected chi connectivity index (χ3v) is 3.72. The number of halogens is 5. The fourth-order valence-corrected chi connectivity index (χ4v) is 2.52. The molecule has 0 atom stereocenters. The number of carbonyl (C=O) groups excluding carboxylic acids is 2. The highest BCUT2D eigenvalue weighted by atomic mass is 32.5. The van der Waals surface area contributed by atoms with E-state index in [0.29, 0.717) is 6.07 Å². The smallest absolute Gasteiger partial charge is 0.312 e. The third-order valence-electron chi connectivity index (χ3n) is 2.55. The van der Waals surface area contributed by atoms with E-state index >= 15 is 0 Å². The number of rotatable bonds is 4. The first-order valence-corrected chi connectivity index (χ1v) is 7.54. The summed E-state index contributed by atoms with van der Waals surface area (Å²) in [5, 5.41) is 1.70. The van der Waals surface area contributed by atoms with Gasteiger partial charge in [0, 0.05) is 5.56 Å². The van der Waals surface area contributed by atoms with Crippen molar-refractivity contribution < 1.29 is 33.4 Å². The van der Waals surface area contributed by atoms with Gasteiger partial charge in [-0.2, -0.15) is 0 Å². The number of carbonyl (C=O) groups is 2. The summed E-state index contributed by atoms with van der Waals surface area (Å²) in [5.74, 6) is -1.49. The zero-order valence-corrected chi connectivity index (χ0v) is 11.4. The van der Waals surface area contributed by atoms with E-state index in [1.165, 1.54) is 6.07 Å². The van der Waals surface area contributed by atoms with Crippen LogP contribution in [0.2, 0.25) is 0 Å². The second-order valence-electron chi connectivity index (χ2n) is 4.27. The second-order valence-corrected chi connectivity index (χ2v) is 6.65. The summed E-state index contributed by atoms with van der Waals surface area (Å²) in [6.45, 7) is 0. The van der Waals surface area contributed by atoms with Gasteiger partial charge < -0.3 is 9.73 Å². The summed E-state index contributed by atoms with van der Waals surface area (Å²) in [6.07, 6.45) is 1.08. The van der Waals surface area contributed by atoms with Gasteiger partial charge in [0.1, 0.15) is 11.2 Å². The molecule has 0 saturated heterocycles. The molecule has 0 unspecified atom stereocenters. The number of nitrogens with one attached hydrogen (secondary N) is 1. The van der Waals surface area contributed by atoms with E-state index in [-0.39, 0.29) is 18.1 Å². The first-order valence-electron chi connectivity index (χ1n) is 5.59. The summed E-state index contributed by atoms with van der Waals surface area (Å²) in [7, 11) is -10.1. The standard InChI is InChI=1S/C12H8F5NO3S/c13-22(14,15,16,17)11-6-8(7-19)3-4-9(11)18-12(20)10-2-1-5-21-10/h1-7H,(H,18,20). The van der Waals surface area contributed by atoms with E-state index in [1.807, 2.05) is 0 Å². The van der Waals surface area contributed by atoms with E-state index in [2.05, 4.69) is 4.42 Å². The van der Waals surface area contributed by atoms with Gasteiger partial charge in [0.25, 0.3) is 5.91 Å². The molecule has 2 rings (SSSR count). The molecule has 10 heteroatoms.